The second-order valence-corrected chi connectivity index (χ2v) is 7.78. The van der Waals surface area contributed by atoms with Crippen LogP contribution in [-0.4, -0.2) is 39.8 Å². The average Bonchev–Trinajstić information content (AvgIpc) is 3.40. The largest absolute Gasteiger partial charge is 0.468 e. The first-order chi connectivity index (χ1) is 13.2. The van der Waals surface area contributed by atoms with E-state index in [0.717, 1.165) is 23.8 Å². The third kappa shape index (κ3) is 4.10. The lowest BCUT2D eigenvalue weighted by atomic mass is 10.1. The summed E-state index contributed by atoms with van der Waals surface area (Å²) in [6, 6.07) is 3.92. The van der Waals surface area contributed by atoms with Gasteiger partial charge in [0.05, 0.1) is 18.0 Å². The zero-order valence-electron chi connectivity index (χ0n) is 14.8. The molecule has 8 heteroatoms. The van der Waals surface area contributed by atoms with Crippen LogP contribution in [0.1, 0.15) is 36.8 Å². The lowest BCUT2D eigenvalue weighted by molar-refractivity contribution is -0.116. The number of rotatable bonds is 6. The predicted molar refractivity (Wildman–Crippen MR) is 107 cm³/mol. The fraction of sp³-hybridized carbons (Fsp3) is 0.368. The molecule has 1 aliphatic rings. The van der Waals surface area contributed by atoms with Gasteiger partial charge in [0.25, 0.3) is 0 Å². The molecule has 1 unspecified atom stereocenters. The molecule has 1 aliphatic heterocycles. The molecule has 6 nitrogen and oxygen atoms in total. The van der Waals surface area contributed by atoms with E-state index in [1.165, 1.54) is 36.7 Å². The predicted octanol–water partition coefficient (Wildman–Crippen LogP) is 4.00. The number of piperidine rings is 1. The minimum Gasteiger partial charge on any atom is -0.468 e. The maximum atomic E-state index is 12.4. The van der Waals surface area contributed by atoms with Crippen LogP contribution in [0.4, 0.5) is 0 Å². The fourth-order valence-electron chi connectivity index (χ4n) is 3.46. The van der Waals surface area contributed by atoms with Gasteiger partial charge in [-0.15, -0.1) is 11.3 Å². The van der Waals surface area contributed by atoms with Gasteiger partial charge in [0.1, 0.15) is 5.76 Å². The van der Waals surface area contributed by atoms with Crippen LogP contribution in [0.15, 0.2) is 40.5 Å². The minimum atomic E-state index is -0.162. The number of aromatic nitrogens is 2. The summed E-state index contributed by atoms with van der Waals surface area (Å²) < 4.78 is 7.49. The van der Waals surface area contributed by atoms with E-state index in [0.29, 0.717) is 17.4 Å². The molecule has 0 saturated carbocycles. The fourth-order valence-corrected chi connectivity index (χ4v) is 4.46. The van der Waals surface area contributed by atoms with Crippen molar-refractivity contribution in [1.82, 2.24) is 19.6 Å². The van der Waals surface area contributed by atoms with Gasteiger partial charge in [0.15, 0.2) is 10.1 Å². The van der Waals surface area contributed by atoms with Gasteiger partial charge in [-0.3, -0.25) is 14.1 Å². The summed E-state index contributed by atoms with van der Waals surface area (Å²) in [7, 11) is 0. The zero-order valence-corrected chi connectivity index (χ0v) is 16.4. The lowest BCUT2D eigenvalue weighted by Gasteiger charge is -2.33. The highest BCUT2D eigenvalue weighted by Crippen LogP contribution is 2.25. The number of imidazole rings is 1. The van der Waals surface area contributed by atoms with Crippen molar-refractivity contribution in [2.75, 3.05) is 19.6 Å². The zero-order chi connectivity index (χ0) is 18.6. The lowest BCUT2D eigenvalue weighted by Crippen LogP contribution is -2.40. The molecule has 1 fully saturated rings. The van der Waals surface area contributed by atoms with Crippen LogP contribution >= 0.6 is 22.9 Å². The molecule has 0 aliphatic carbocycles. The van der Waals surface area contributed by atoms with E-state index < -0.39 is 0 Å². The van der Waals surface area contributed by atoms with Crippen molar-refractivity contribution in [1.29, 1.82) is 0 Å². The molecule has 0 spiro atoms. The van der Waals surface area contributed by atoms with E-state index in [4.69, 9.17) is 16.0 Å². The molecule has 1 N–H and O–H groups in total. The van der Waals surface area contributed by atoms with Gasteiger partial charge < -0.3 is 9.73 Å². The molecule has 1 amide bonds. The SMILES string of the molecule is O=C(/C=C/c1c(Cl)nc2sccn12)NCC(c1ccco1)N1CCCCC1. The number of halogens is 1. The third-order valence-electron chi connectivity index (χ3n) is 4.82. The minimum absolute atomic E-state index is 0.0554. The summed E-state index contributed by atoms with van der Waals surface area (Å²) in [5.41, 5.74) is 0.710. The Morgan fingerprint density at radius 2 is 2.26 bits per heavy atom. The second-order valence-electron chi connectivity index (χ2n) is 6.55. The van der Waals surface area contributed by atoms with Gasteiger partial charge in [0, 0.05) is 24.2 Å². The van der Waals surface area contributed by atoms with E-state index in [-0.39, 0.29) is 11.9 Å². The maximum absolute atomic E-state index is 12.4. The van der Waals surface area contributed by atoms with Gasteiger partial charge >= 0.3 is 0 Å². The summed E-state index contributed by atoms with van der Waals surface area (Å²) in [6.07, 6.45) is 10.4. The Hall–Kier alpha value is -2.09. The summed E-state index contributed by atoms with van der Waals surface area (Å²) >= 11 is 7.66. The molecule has 4 rings (SSSR count). The van der Waals surface area contributed by atoms with E-state index in [9.17, 15) is 4.79 Å². The molecule has 0 radical (unpaired) electrons. The van der Waals surface area contributed by atoms with Gasteiger partial charge in [-0.05, 0) is 44.1 Å². The third-order valence-corrected chi connectivity index (χ3v) is 5.85. The molecular weight excluding hydrogens is 384 g/mol. The summed E-state index contributed by atoms with van der Waals surface area (Å²) in [6.45, 7) is 2.56. The van der Waals surface area contributed by atoms with E-state index in [2.05, 4.69) is 15.2 Å². The van der Waals surface area contributed by atoms with Crippen molar-refractivity contribution >= 4 is 39.9 Å². The van der Waals surface area contributed by atoms with E-state index in [1.54, 1.807) is 12.3 Å². The number of thiazole rings is 1. The summed E-state index contributed by atoms with van der Waals surface area (Å²) in [4.78, 5) is 19.8. The van der Waals surface area contributed by atoms with Crippen molar-refractivity contribution in [2.45, 2.75) is 25.3 Å². The highest BCUT2D eigenvalue weighted by Gasteiger charge is 2.24. The van der Waals surface area contributed by atoms with Gasteiger partial charge in [-0.1, -0.05) is 18.0 Å². The Morgan fingerprint density at radius 1 is 1.41 bits per heavy atom. The first-order valence-corrected chi connectivity index (χ1v) is 10.3. The van der Waals surface area contributed by atoms with Crippen LogP contribution < -0.4 is 5.32 Å². The number of furan rings is 1. The van der Waals surface area contributed by atoms with Gasteiger partial charge in [-0.25, -0.2) is 4.98 Å². The van der Waals surface area contributed by atoms with Crippen molar-refractivity contribution in [3.63, 3.8) is 0 Å². The van der Waals surface area contributed by atoms with Crippen molar-refractivity contribution in [2.24, 2.45) is 0 Å². The highest BCUT2D eigenvalue weighted by atomic mass is 35.5. The Kier molecular flexibility index (Phi) is 5.61. The number of carbonyl (C=O) groups excluding carboxylic acids is 1. The first kappa shape index (κ1) is 18.3. The van der Waals surface area contributed by atoms with Crippen LogP contribution in [0.25, 0.3) is 11.0 Å². The molecule has 142 valence electrons. The quantitative estimate of drug-likeness (QED) is 0.631. The number of likely N-dealkylation sites (tertiary alicyclic amines) is 1. The number of fused-ring (bicyclic) bond motifs is 1. The van der Waals surface area contributed by atoms with Crippen LogP contribution in [0.3, 0.4) is 0 Å². The van der Waals surface area contributed by atoms with Crippen LogP contribution in [0.2, 0.25) is 5.15 Å². The first-order valence-electron chi connectivity index (χ1n) is 9.07. The van der Waals surface area contributed by atoms with Crippen molar-refractivity contribution < 1.29 is 9.21 Å². The standard InChI is InChI=1S/C19H21ClN4O2S/c20-18-14(24-10-12-27-19(24)22-18)6-7-17(25)21-13-15(16-5-4-11-26-16)23-8-2-1-3-9-23/h4-7,10-12,15H,1-3,8-9,13H2,(H,21,25)/b7-6+. The number of nitrogens with one attached hydrogen (secondary N) is 1. The number of carbonyl (C=O) groups is 1. The van der Waals surface area contributed by atoms with E-state index in [1.807, 2.05) is 28.1 Å². The molecule has 27 heavy (non-hydrogen) atoms. The monoisotopic (exact) mass is 404 g/mol. The molecule has 1 saturated heterocycles. The number of hydrogen-bond donors (Lipinski definition) is 1. The van der Waals surface area contributed by atoms with Crippen LogP contribution in [-0.2, 0) is 4.79 Å². The molecule has 3 aromatic rings. The molecule has 3 aromatic heterocycles. The normalized spacial score (nSPS) is 16.9. The van der Waals surface area contributed by atoms with Gasteiger partial charge in [-0.2, -0.15) is 0 Å². The number of nitrogens with zero attached hydrogens (tertiary/aromatic N) is 3. The average molecular weight is 405 g/mol. The number of hydrogen-bond acceptors (Lipinski definition) is 5. The van der Waals surface area contributed by atoms with Crippen LogP contribution in [0, 0.1) is 0 Å². The molecule has 1 atom stereocenters. The Labute approximate surface area is 166 Å². The Morgan fingerprint density at radius 3 is 3.04 bits per heavy atom. The van der Waals surface area contributed by atoms with Crippen molar-refractivity contribution in [3.8, 4) is 0 Å². The Bertz CT molecular complexity index is 925. The Balaban J connectivity index is 1.42. The summed E-state index contributed by atoms with van der Waals surface area (Å²) in [5.74, 6) is 0.727. The van der Waals surface area contributed by atoms with Crippen LogP contribution in [0.5, 0.6) is 0 Å². The number of amides is 1. The molecule has 0 aromatic carbocycles. The van der Waals surface area contributed by atoms with E-state index >= 15 is 0 Å². The molecule has 0 bridgehead atoms. The molecule has 4 heterocycles. The highest BCUT2D eigenvalue weighted by molar-refractivity contribution is 7.15. The summed E-state index contributed by atoms with van der Waals surface area (Å²) in [5, 5.41) is 5.32. The topological polar surface area (TPSA) is 62.8 Å². The van der Waals surface area contributed by atoms with Gasteiger partial charge in [0.2, 0.25) is 5.91 Å². The van der Waals surface area contributed by atoms with Crippen molar-refractivity contribution in [3.05, 3.63) is 52.7 Å². The second kappa shape index (κ2) is 8.29. The maximum Gasteiger partial charge on any atom is 0.244 e. The molecular formula is C19H21ClN4O2S. The smallest absolute Gasteiger partial charge is 0.244 e.